The van der Waals surface area contributed by atoms with Crippen LogP contribution in [0.2, 0.25) is 0 Å². The number of nitrogens with zero attached hydrogens (tertiary/aromatic N) is 2. The number of sulfonamides is 1. The fourth-order valence-corrected chi connectivity index (χ4v) is 4.07. The topological polar surface area (TPSA) is 103 Å². The number of aromatic amines is 1. The summed E-state index contributed by atoms with van der Waals surface area (Å²) < 4.78 is 26.2. The zero-order valence-corrected chi connectivity index (χ0v) is 12.1. The molecule has 0 aliphatic carbocycles. The van der Waals surface area contributed by atoms with Gasteiger partial charge < -0.3 is 5.11 Å². The molecule has 1 fully saturated rings. The molecule has 0 saturated carbocycles. The minimum Gasteiger partial charge on any atom is -0.481 e. The van der Waals surface area contributed by atoms with Crippen molar-refractivity contribution in [3.05, 3.63) is 12.4 Å². The smallest absolute Gasteiger partial charge is 0.303 e. The van der Waals surface area contributed by atoms with Crippen molar-refractivity contribution >= 4 is 16.0 Å². The van der Waals surface area contributed by atoms with Gasteiger partial charge in [0.25, 0.3) is 0 Å². The molecule has 0 radical (unpaired) electrons. The number of aromatic nitrogens is 2. The lowest BCUT2D eigenvalue weighted by atomic mass is 9.85. The molecule has 1 aliphatic heterocycles. The van der Waals surface area contributed by atoms with Gasteiger partial charge in [0.15, 0.2) is 0 Å². The molecule has 2 rings (SSSR count). The minimum atomic E-state index is -3.52. The summed E-state index contributed by atoms with van der Waals surface area (Å²) in [5.41, 5.74) is 0. The lowest BCUT2D eigenvalue weighted by molar-refractivity contribution is -0.138. The fraction of sp³-hybridized carbons (Fsp3) is 0.667. The molecule has 0 aromatic carbocycles. The summed E-state index contributed by atoms with van der Waals surface area (Å²) in [6.07, 6.45) is 4.35. The van der Waals surface area contributed by atoms with E-state index in [1.165, 1.54) is 16.7 Å². The molecule has 0 spiro atoms. The number of H-pyrrole nitrogens is 1. The van der Waals surface area contributed by atoms with Crippen molar-refractivity contribution in [2.75, 3.05) is 13.1 Å². The Hall–Kier alpha value is -1.41. The van der Waals surface area contributed by atoms with Gasteiger partial charge in [-0.3, -0.25) is 9.89 Å². The van der Waals surface area contributed by atoms with Crippen molar-refractivity contribution in [2.24, 2.45) is 11.8 Å². The summed E-state index contributed by atoms with van der Waals surface area (Å²) in [6, 6.07) is 0. The summed E-state index contributed by atoms with van der Waals surface area (Å²) in [7, 11) is -3.52. The zero-order valence-electron chi connectivity index (χ0n) is 11.3. The Morgan fingerprint density at radius 2 is 2.40 bits per heavy atom. The standard InChI is InChI=1S/C12H19N3O4S/c1-9(5-12(16)17)10-3-2-4-15(8-10)20(18,19)11-6-13-14-7-11/h6-7,9-10H,2-5,8H2,1H3,(H,13,14)(H,16,17). The Morgan fingerprint density at radius 3 is 3.00 bits per heavy atom. The molecule has 20 heavy (non-hydrogen) atoms. The average Bonchev–Trinajstić information content (AvgIpc) is 2.92. The van der Waals surface area contributed by atoms with Crippen LogP contribution in [0.25, 0.3) is 0 Å². The molecule has 0 bridgehead atoms. The van der Waals surface area contributed by atoms with Crippen LogP contribution in [0.5, 0.6) is 0 Å². The van der Waals surface area contributed by atoms with Gasteiger partial charge in [-0.1, -0.05) is 6.92 Å². The largest absolute Gasteiger partial charge is 0.481 e. The Bertz CT molecular complexity index is 555. The van der Waals surface area contributed by atoms with Gasteiger partial charge in [-0.2, -0.15) is 9.40 Å². The monoisotopic (exact) mass is 301 g/mol. The van der Waals surface area contributed by atoms with Crippen LogP contribution in [0.15, 0.2) is 17.3 Å². The molecule has 1 aromatic heterocycles. The van der Waals surface area contributed by atoms with Gasteiger partial charge in [-0.05, 0) is 24.7 Å². The molecule has 112 valence electrons. The first-order valence-electron chi connectivity index (χ1n) is 6.62. The van der Waals surface area contributed by atoms with Crippen LogP contribution in [0.3, 0.4) is 0 Å². The van der Waals surface area contributed by atoms with E-state index in [0.29, 0.717) is 13.1 Å². The lowest BCUT2D eigenvalue weighted by Crippen LogP contribution is -2.41. The molecule has 1 aromatic rings. The third-order valence-electron chi connectivity index (χ3n) is 3.83. The SMILES string of the molecule is CC(CC(=O)O)C1CCCN(S(=O)(=O)c2cn[nH]c2)C1. The van der Waals surface area contributed by atoms with Crippen LogP contribution < -0.4 is 0 Å². The summed E-state index contributed by atoms with van der Waals surface area (Å²) in [5, 5.41) is 15.0. The predicted octanol–water partition coefficient (Wildman–Crippen LogP) is 0.921. The molecule has 8 heteroatoms. The average molecular weight is 301 g/mol. The molecule has 2 heterocycles. The van der Waals surface area contributed by atoms with E-state index in [4.69, 9.17) is 5.11 Å². The summed E-state index contributed by atoms with van der Waals surface area (Å²) in [4.78, 5) is 10.9. The van der Waals surface area contributed by atoms with E-state index in [1.807, 2.05) is 6.92 Å². The van der Waals surface area contributed by atoms with E-state index >= 15 is 0 Å². The number of rotatable bonds is 5. The van der Waals surface area contributed by atoms with Crippen LogP contribution in [0.4, 0.5) is 0 Å². The van der Waals surface area contributed by atoms with Crippen molar-refractivity contribution in [1.29, 1.82) is 0 Å². The third-order valence-corrected chi connectivity index (χ3v) is 5.66. The number of aliphatic carboxylic acids is 1. The second-order valence-electron chi connectivity index (χ2n) is 5.27. The van der Waals surface area contributed by atoms with E-state index in [-0.39, 0.29) is 23.2 Å². The van der Waals surface area contributed by atoms with Gasteiger partial charge >= 0.3 is 5.97 Å². The maximum absolute atomic E-state index is 12.4. The molecule has 1 aliphatic rings. The van der Waals surface area contributed by atoms with Gasteiger partial charge in [0.05, 0.1) is 6.20 Å². The van der Waals surface area contributed by atoms with Crippen LogP contribution in [0.1, 0.15) is 26.2 Å². The van der Waals surface area contributed by atoms with Gasteiger partial charge in [0.2, 0.25) is 10.0 Å². The quantitative estimate of drug-likeness (QED) is 0.841. The van der Waals surface area contributed by atoms with Crippen LogP contribution in [0, 0.1) is 11.8 Å². The van der Waals surface area contributed by atoms with Crippen molar-refractivity contribution in [1.82, 2.24) is 14.5 Å². The number of hydrogen-bond acceptors (Lipinski definition) is 4. The summed E-state index contributed by atoms with van der Waals surface area (Å²) in [5.74, 6) is -0.788. The molecular formula is C12H19N3O4S. The van der Waals surface area contributed by atoms with E-state index in [1.54, 1.807) is 0 Å². The highest BCUT2D eigenvalue weighted by Gasteiger charge is 2.33. The van der Waals surface area contributed by atoms with Crippen LogP contribution >= 0.6 is 0 Å². The molecule has 2 N–H and O–H groups in total. The highest BCUT2D eigenvalue weighted by Crippen LogP contribution is 2.29. The highest BCUT2D eigenvalue weighted by molar-refractivity contribution is 7.89. The van der Waals surface area contributed by atoms with Crippen LogP contribution in [-0.4, -0.2) is 47.1 Å². The second-order valence-corrected chi connectivity index (χ2v) is 7.21. The second kappa shape index (κ2) is 5.92. The molecule has 0 amide bonds. The molecule has 2 unspecified atom stereocenters. The number of carboxylic acid groups (broad SMARTS) is 1. The van der Waals surface area contributed by atoms with Crippen molar-refractivity contribution < 1.29 is 18.3 Å². The Labute approximate surface area is 118 Å². The zero-order chi connectivity index (χ0) is 14.8. The number of carbonyl (C=O) groups is 1. The number of nitrogens with one attached hydrogen (secondary N) is 1. The Morgan fingerprint density at radius 1 is 1.65 bits per heavy atom. The number of carboxylic acids is 1. The number of hydrogen-bond donors (Lipinski definition) is 2. The van der Waals surface area contributed by atoms with Gasteiger partial charge in [-0.15, -0.1) is 0 Å². The molecule has 1 saturated heterocycles. The minimum absolute atomic E-state index is 0.0325. The van der Waals surface area contributed by atoms with E-state index in [9.17, 15) is 13.2 Å². The third kappa shape index (κ3) is 3.18. The van der Waals surface area contributed by atoms with E-state index in [2.05, 4.69) is 10.2 Å². The predicted molar refractivity (Wildman–Crippen MR) is 71.5 cm³/mol. The Kier molecular flexibility index (Phi) is 4.44. The van der Waals surface area contributed by atoms with Crippen LogP contribution in [-0.2, 0) is 14.8 Å². The first-order valence-corrected chi connectivity index (χ1v) is 8.06. The molecule has 7 nitrogen and oxygen atoms in total. The lowest BCUT2D eigenvalue weighted by Gasteiger charge is -2.34. The van der Waals surface area contributed by atoms with Crippen molar-refractivity contribution in [3.8, 4) is 0 Å². The molecule has 2 atom stereocenters. The normalized spacial score (nSPS) is 22.6. The highest BCUT2D eigenvalue weighted by atomic mass is 32.2. The summed E-state index contributed by atoms with van der Waals surface area (Å²) in [6.45, 7) is 2.72. The van der Waals surface area contributed by atoms with Gasteiger partial charge in [0.1, 0.15) is 4.90 Å². The van der Waals surface area contributed by atoms with Gasteiger partial charge in [0, 0.05) is 25.7 Å². The molecular weight excluding hydrogens is 282 g/mol. The van der Waals surface area contributed by atoms with E-state index in [0.717, 1.165) is 12.8 Å². The first kappa shape index (κ1) is 15.0. The first-order chi connectivity index (χ1) is 9.41. The van der Waals surface area contributed by atoms with Gasteiger partial charge in [-0.25, -0.2) is 8.42 Å². The maximum atomic E-state index is 12.4. The van der Waals surface area contributed by atoms with E-state index < -0.39 is 16.0 Å². The van der Waals surface area contributed by atoms with Crippen molar-refractivity contribution in [2.45, 2.75) is 31.1 Å². The summed E-state index contributed by atoms with van der Waals surface area (Å²) >= 11 is 0. The Balaban J connectivity index is 2.09. The van der Waals surface area contributed by atoms with Crippen molar-refractivity contribution in [3.63, 3.8) is 0 Å². The maximum Gasteiger partial charge on any atom is 0.303 e. The number of piperidine rings is 1. The fourth-order valence-electron chi connectivity index (χ4n) is 2.63.